The number of hydrogen-bond donors (Lipinski definition) is 1. The number of ether oxygens (including phenoxy) is 1. The molecule has 0 aliphatic carbocycles. The quantitative estimate of drug-likeness (QED) is 0.299. The molecule has 35 heavy (non-hydrogen) atoms. The van der Waals surface area contributed by atoms with Gasteiger partial charge in [-0.2, -0.15) is 0 Å². The second kappa shape index (κ2) is 10.2. The van der Waals surface area contributed by atoms with Crippen molar-refractivity contribution in [3.63, 3.8) is 0 Å². The number of pyridine rings is 1. The molecule has 2 radical (unpaired) electrons. The third-order valence-corrected chi connectivity index (χ3v) is 14.8. The summed E-state index contributed by atoms with van der Waals surface area (Å²) in [7, 11) is -1.61. The summed E-state index contributed by atoms with van der Waals surface area (Å²) >= 11 is 6.49. The molecule has 0 bridgehead atoms. The minimum Gasteiger partial charge on any atom is -0.414 e. The van der Waals surface area contributed by atoms with Crippen molar-refractivity contribution in [3.8, 4) is 11.3 Å². The van der Waals surface area contributed by atoms with E-state index in [1.54, 1.807) is 10.8 Å². The maximum absolute atomic E-state index is 9.86. The van der Waals surface area contributed by atoms with Crippen molar-refractivity contribution < 1.29 is 18.7 Å². The van der Waals surface area contributed by atoms with Gasteiger partial charge in [-0.1, -0.05) is 67.0 Å². The zero-order chi connectivity index (χ0) is 26.4. The fraction of sp³-hybridized carbons (Fsp3) is 0.731. The normalized spacial score (nSPS) is 22.3. The van der Waals surface area contributed by atoms with Crippen LogP contribution in [-0.2, 0) is 20.3 Å². The second-order valence-electron chi connectivity index (χ2n) is 12.8. The summed E-state index contributed by atoms with van der Waals surface area (Å²) in [6.07, 6.45) is 3.82. The van der Waals surface area contributed by atoms with Crippen LogP contribution in [0.5, 0.6) is 0 Å². The van der Waals surface area contributed by atoms with Gasteiger partial charge in [0.1, 0.15) is 18.0 Å². The zero-order valence-electron chi connectivity index (χ0n) is 23.0. The van der Waals surface area contributed by atoms with Crippen LogP contribution in [0, 0.1) is 5.41 Å². The van der Waals surface area contributed by atoms with E-state index >= 15 is 0 Å². The maximum atomic E-state index is 9.86. The van der Waals surface area contributed by atoms with Gasteiger partial charge in [0.15, 0.2) is 8.32 Å². The SMILES string of the molecule is CC(C)(C)C(C)(C)[Si]O[C@H]1C[C@H](c2cn(CO)c(Cl)c3ccnc2-3)O[C@@H]1CO[Si](C)(C)C(C)(C)C. The van der Waals surface area contributed by atoms with E-state index in [0.29, 0.717) is 27.9 Å². The van der Waals surface area contributed by atoms with Gasteiger partial charge in [0.25, 0.3) is 0 Å². The summed E-state index contributed by atoms with van der Waals surface area (Å²) < 4.78 is 21.5. The highest BCUT2D eigenvalue weighted by Crippen LogP contribution is 2.46. The van der Waals surface area contributed by atoms with E-state index in [4.69, 9.17) is 25.2 Å². The standard InChI is InChI=1S/C26H43ClN2O4Si2/c1-24(2,3)26(7,8)34-33-20-13-19(32-21(20)15-31-35(9,10)25(4,5)6)18-14-29(16-30)23(27)17-11-12-28-22(17)18/h11-12,14,19-21,30H,13,15-16H2,1-10H3/t19-,20+,21-/m1/s1. The average molecular weight is 539 g/mol. The van der Waals surface area contributed by atoms with Gasteiger partial charge < -0.3 is 23.3 Å². The van der Waals surface area contributed by atoms with Crippen molar-refractivity contribution in [3.05, 3.63) is 29.2 Å². The molecule has 0 aromatic carbocycles. The van der Waals surface area contributed by atoms with Crippen LogP contribution in [0.3, 0.4) is 0 Å². The van der Waals surface area contributed by atoms with E-state index in [1.165, 1.54) is 0 Å². The molecule has 1 N–H and O–H groups in total. The number of fused-ring (bicyclic) bond motifs is 1. The largest absolute Gasteiger partial charge is 0.414 e. The molecule has 0 aromatic heterocycles. The Hall–Kier alpha value is -0.746. The predicted octanol–water partition coefficient (Wildman–Crippen LogP) is 6.69. The minimum absolute atomic E-state index is 0.0244. The highest BCUT2D eigenvalue weighted by molar-refractivity contribution is 6.74. The number of aliphatic hydroxyl groups excluding tert-OH is 1. The van der Waals surface area contributed by atoms with E-state index < -0.39 is 8.32 Å². The van der Waals surface area contributed by atoms with Crippen LogP contribution in [0.2, 0.25) is 28.3 Å². The number of hydrogen-bond acceptors (Lipinski definition) is 5. The molecule has 3 atom stereocenters. The van der Waals surface area contributed by atoms with E-state index in [0.717, 1.165) is 16.8 Å². The summed E-state index contributed by atoms with van der Waals surface area (Å²) in [5.41, 5.74) is 2.67. The number of aromatic nitrogens is 2. The molecule has 0 amide bonds. The van der Waals surface area contributed by atoms with Gasteiger partial charge in [0, 0.05) is 29.9 Å². The molecular formula is C26H43ClN2O4Si2. The summed E-state index contributed by atoms with van der Waals surface area (Å²) in [4.78, 5) is 4.56. The van der Waals surface area contributed by atoms with Crippen LogP contribution in [0.15, 0.2) is 18.5 Å². The summed E-state index contributed by atoms with van der Waals surface area (Å²) in [6, 6.07) is 1.88. The van der Waals surface area contributed by atoms with Crippen LogP contribution >= 0.6 is 11.6 Å². The van der Waals surface area contributed by atoms with Gasteiger partial charge in [-0.15, -0.1) is 0 Å². The molecule has 9 heteroatoms. The van der Waals surface area contributed by atoms with Gasteiger partial charge in [0.05, 0.1) is 24.5 Å². The molecule has 0 spiro atoms. The van der Waals surface area contributed by atoms with Gasteiger partial charge in [-0.05, 0) is 34.7 Å². The van der Waals surface area contributed by atoms with Crippen molar-refractivity contribution in [2.45, 2.75) is 110 Å². The van der Waals surface area contributed by atoms with Gasteiger partial charge >= 0.3 is 0 Å². The molecule has 6 nitrogen and oxygen atoms in total. The first-order valence-electron chi connectivity index (χ1n) is 12.4. The molecule has 0 unspecified atom stereocenters. The molecule has 0 aromatic rings. The topological polar surface area (TPSA) is 65.7 Å². The Labute approximate surface area is 220 Å². The van der Waals surface area contributed by atoms with Gasteiger partial charge in [0.2, 0.25) is 9.76 Å². The highest BCUT2D eigenvalue weighted by atomic mass is 35.5. The van der Waals surface area contributed by atoms with Crippen LogP contribution in [-0.4, -0.2) is 51.6 Å². The fourth-order valence-electron chi connectivity index (χ4n) is 3.58. The number of rotatable bonds is 8. The first-order valence-corrected chi connectivity index (χ1v) is 16.6. The number of aliphatic hydroxyl groups is 1. The number of halogens is 1. The summed E-state index contributed by atoms with van der Waals surface area (Å²) in [5, 5.41) is 10.5. The Bertz CT molecular complexity index is 943. The monoisotopic (exact) mass is 538 g/mol. The Kier molecular flexibility index (Phi) is 8.39. The third kappa shape index (κ3) is 6.05. The first-order chi connectivity index (χ1) is 16.0. The summed E-state index contributed by atoms with van der Waals surface area (Å²) in [6.45, 7) is 22.9. The van der Waals surface area contributed by atoms with Crippen LogP contribution in [0.4, 0.5) is 0 Å². The second-order valence-corrected chi connectivity index (χ2v) is 19.7. The lowest BCUT2D eigenvalue weighted by atomic mass is 9.82. The zero-order valence-corrected chi connectivity index (χ0v) is 25.8. The van der Waals surface area contributed by atoms with Crippen LogP contribution in [0.25, 0.3) is 11.3 Å². The Morgan fingerprint density at radius 2 is 1.86 bits per heavy atom. The molecular weight excluding hydrogens is 496 g/mol. The first kappa shape index (κ1) is 28.8. The van der Waals surface area contributed by atoms with Crippen molar-refractivity contribution in [1.82, 2.24) is 9.55 Å². The Morgan fingerprint density at radius 3 is 2.43 bits per heavy atom. The minimum atomic E-state index is -1.95. The van der Waals surface area contributed by atoms with Crippen LogP contribution < -0.4 is 0 Å². The fourth-order valence-corrected chi connectivity index (χ4v) is 5.85. The van der Waals surface area contributed by atoms with Crippen molar-refractivity contribution in [2.75, 3.05) is 6.61 Å². The average Bonchev–Trinajstić information content (AvgIpc) is 3.37. The molecule has 3 rings (SSSR count). The molecule has 1 saturated heterocycles. The molecule has 3 aliphatic rings. The lowest BCUT2D eigenvalue weighted by Crippen LogP contribution is -2.44. The smallest absolute Gasteiger partial charge is 0.237 e. The van der Waals surface area contributed by atoms with Gasteiger partial charge in [-0.3, -0.25) is 4.98 Å². The van der Waals surface area contributed by atoms with Crippen molar-refractivity contribution in [2.24, 2.45) is 5.41 Å². The highest BCUT2D eigenvalue weighted by Gasteiger charge is 2.44. The van der Waals surface area contributed by atoms with Crippen molar-refractivity contribution >= 4 is 29.7 Å². The third-order valence-electron chi connectivity index (χ3n) is 8.20. The molecule has 1 fully saturated rings. The van der Waals surface area contributed by atoms with E-state index in [1.807, 2.05) is 12.3 Å². The lowest BCUT2D eigenvalue weighted by molar-refractivity contribution is -0.0147. The van der Waals surface area contributed by atoms with Crippen LogP contribution in [0.1, 0.15) is 73.5 Å². The molecule has 0 saturated carbocycles. The Morgan fingerprint density at radius 1 is 1.20 bits per heavy atom. The van der Waals surface area contributed by atoms with E-state index in [9.17, 15) is 5.11 Å². The number of nitrogens with zero attached hydrogens (tertiary/aromatic N) is 2. The predicted molar refractivity (Wildman–Crippen MR) is 146 cm³/mol. The molecule has 196 valence electrons. The van der Waals surface area contributed by atoms with Crippen molar-refractivity contribution in [1.29, 1.82) is 0 Å². The van der Waals surface area contributed by atoms with E-state index in [-0.39, 0.29) is 40.5 Å². The van der Waals surface area contributed by atoms with E-state index in [2.05, 4.69) is 73.5 Å². The summed E-state index contributed by atoms with van der Waals surface area (Å²) in [5.74, 6) is 0. The lowest BCUT2D eigenvalue weighted by Gasteiger charge is -2.39. The Balaban J connectivity index is 1.88. The molecule has 3 heterocycles. The maximum Gasteiger partial charge on any atom is 0.237 e. The molecule has 3 aliphatic heterocycles. The van der Waals surface area contributed by atoms with Gasteiger partial charge in [-0.25, -0.2) is 0 Å².